The topological polar surface area (TPSA) is 106 Å². The zero-order valence-electron chi connectivity index (χ0n) is 21.1. The van der Waals surface area contributed by atoms with Gasteiger partial charge in [-0.25, -0.2) is 12.9 Å². The van der Waals surface area contributed by atoms with Crippen molar-refractivity contribution in [3.63, 3.8) is 0 Å². The van der Waals surface area contributed by atoms with Crippen molar-refractivity contribution < 1.29 is 17.9 Å². The lowest BCUT2D eigenvalue weighted by molar-refractivity contribution is -0.149. The molecular weight excluding hydrogens is 502 g/mol. The number of pyridine rings is 1. The number of fused-ring (bicyclic) bond motifs is 1. The molecule has 0 unspecified atom stereocenters. The van der Waals surface area contributed by atoms with Crippen molar-refractivity contribution in [3.05, 3.63) is 78.0 Å². The van der Waals surface area contributed by atoms with Crippen LogP contribution in [0, 0.1) is 0 Å². The van der Waals surface area contributed by atoms with E-state index in [2.05, 4.69) is 39.6 Å². The van der Waals surface area contributed by atoms with Crippen LogP contribution in [-0.2, 0) is 31.5 Å². The van der Waals surface area contributed by atoms with Gasteiger partial charge in [0.15, 0.2) is 15.5 Å². The molecule has 2 aliphatic rings. The molecule has 6 rings (SSSR count). The zero-order chi connectivity index (χ0) is 26.3. The summed E-state index contributed by atoms with van der Waals surface area (Å²) < 4.78 is 30.7. The first kappa shape index (κ1) is 24.6. The second-order valence-electron chi connectivity index (χ2n) is 10.0. The number of esters is 1. The predicted molar refractivity (Wildman–Crippen MR) is 145 cm³/mol. The van der Waals surface area contributed by atoms with Crippen LogP contribution in [0.1, 0.15) is 30.9 Å². The summed E-state index contributed by atoms with van der Waals surface area (Å²) >= 11 is 0. The number of carbonyl (C=O) groups excluding carboxylic acids is 1. The fourth-order valence-corrected chi connectivity index (χ4v) is 6.24. The van der Waals surface area contributed by atoms with Crippen LogP contribution in [-0.4, -0.2) is 58.5 Å². The van der Waals surface area contributed by atoms with Crippen molar-refractivity contribution in [2.75, 3.05) is 29.9 Å². The van der Waals surface area contributed by atoms with Gasteiger partial charge in [0, 0.05) is 44.0 Å². The van der Waals surface area contributed by atoms with Gasteiger partial charge in [-0.05, 0) is 53.8 Å². The van der Waals surface area contributed by atoms with Crippen molar-refractivity contribution in [2.45, 2.75) is 31.9 Å². The predicted octanol–water partition coefficient (Wildman–Crippen LogP) is 3.92. The van der Waals surface area contributed by atoms with Crippen LogP contribution in [0.3, 0.4) is 0 Å². The van der Waals surface area contributed by atoms with Crippen LogP contribution in [0.25, 0.3) is 16.8 Å². The number of hydrogen-bond donors (Lipinski definition) is 1. The van der Waals surface area contributed by atoms with E-state index < -0.39 is 15.4 Å². The lowest BCUT2D eigenvalue weighted by atomic mass is 10.0. The molecular formula is C28H29N5O4S. The highest BCUT2D eigenvalue weighted by Gasteiger charge is 2.47. The van der Waals surface area contributed by atoms with Gasteiger partial charge in [0.2, 0.25) is 5.95 Å². The number of carbonyl (C=O) groups is 1. The van der Waals surface area contributed by atoms with E-state index in [0.29, 0.717) is 19.0 Å². The van der Waals surface area contributed by atoms with Crippen LogP contribution in [0.4, 0.5) is 11.6 Å². The van der Waals surface area contributed by atoms with E-state index in [4.69, 9.17) is 9.72 Å². The average Bonchev–Trinajstić information content (AvgIpc) is 3.55. The van der Waals surface area contributed by atoms with Gasteiger partial charge in [0.05, 0.1) is 11.5 Å². The Kier molecular flexibility index (Phi) is 6.16. The molecule has 2 aromatic heterocycles. The summed E-state index contributed by atoms with van der Waals surface area (Å²) in [5.41, 5.74) is 5.27. The zero-order valence-corrected chi connectivity index (χ0v) is 21.9. The van der Waals surface area contributed by atoms with Crippen molar-refractivity contribution in [3.8, 4) is 11.1 Å². The molecule has 0 radical (unpaired) electrons. The maximum absolute atomic E-state index is 11.7. The molecule has 1 N–H and O–H groups in total. The molecule has 4 aromatic rings. The number of sulfone groups is 1. The molecule has 10 heteroatoms. The summed E-state index contributed by atoms with van der Waals surface area (Å²) in [7, 11) is -2.88. The second kappa shape index (κ2) is 9.52. The van der Waals surface area contributed by atoms with Gasteiger partial charge >= 0.3 is 5.97 Å². The van der Waals surface area contributed by atoms with E-state index in [9.17, 15) is 13.2 Å². The fourth-order valence-electron chi connectivity index (χ4n) is 4.97. The highest BCUT2D eigenvalue weighted by atomic mass is 32.2. The summed E-state index contributed by atoms with van der Waals surface area (Å²) in [6, 6.07) is 20.1. The first-order chi connectivity index (χ1) is 18.3. The Morgan fingerprint density at radius 3 is 2.39 bits per heavy atom. The average molecular weight is 532 g/mol. The largest absolute Gasteiger partial charge is 0.454 e. The lowest BCUT2D eigenvalue weighted by Gasteiger charge is -2.26. The van der Waals surface area contributed by atoms with E-state index in [1.165, 1.54) is 6.92 Å². The van der Waals surface area contributed by atoms with Crippen LogP contribution >= 0.6 is 0 Å². The number of anilines is 2. The van der Waals surface area contributed by atoms with Gasteiger partial charge in [-0.15, -0.1) is 5.10 Å². The van der Waals surface area contributed by atoms with Gasteiger partial charge in [-0.2, -0.15) is 4.98 Å². The third-order valence-corrected chi connectivity index (χ3v) is 8.79. The standard InChI is InChI=1S/C28H29N5O4S/c1-20(34)37-28(12-13-28)23-8-10-24(11-9-23)29-27-30-26-25(3-2-14-33(26)31-27)22-6-4-21(5-7-22)19-32-15-17-38(35,36)18-16-32/h2-11,14H,12-13,15-19H2,1H3,(H,29,31). The Hall–Kier alpha value is -3.76. The summed E-state index contributed by atoms with van der Waals surface area (Å²) in [6.45, 7) is 3.34. The lowest BCUT2D eigenvalue weighted by Crippen LogP contribution is -2.39. The van der Waals surface area contributed by atoms with Crippen molar-refractivity contribution in [1.29, 1.82) is 0 Å². The Morgan fingerprint density at radius 1 is 1.03 bits per heavy atom. The molecule has 0 bridgehead atoms. The fraction of sp³-hybridized carbons (Fsp3) is 0.321. The normalized spacial score (nSPS) is 18.2. The summed E-state index contributed by atoms with van der Waals surface area (Å²) in [4.78, 5) is 18.4. The van der Waals surface area contributed by atoms with Crippen LogP contribution in [0.15, 0.2) is 66.9 Å². The molecule has 0 spiro atoms. The van der Waals surface area contributed by atoms with Gasteiger partial charge < -0.3 is 10.1 Å². The maximum Gasteiger partial charge on any atom is 0.303 e. The molecule has 1 aliphatic heterocycles. The molecule has 196 valence electrons. The molecule has 1 saturated heterocycles. The van der Waals surface area contributed by atoms with E-state index in [-0.39, 0.29) is 17.5 Å². The van der Waals surface area contributed by atoms with Crippen LogP contribution in [0.2, 0.25) is 0 Å². The van der Waals surface area contributed by atoms with Crippen molar-refractivity contribution in [2.24, 2.45) is 0 Å². The molecule has 1 aliphatic carbocycles. The molecule has 1 saturated carbocycles. The SMILES string of the molecule is CC(=O)OC1(c2ccc(Nc3nc4c(-c5ccc(CN6CCS(=O)(=O)CC6)cc5)cccn4n3)cc2)CC1. The van der Waals surface area contributed by atoms with Crippen LogP contribution < -0.4 is 5.32 Å². The van der Waals surface area contributed by atoms with E-state index >= 15 is 0 Å². The third kappa shape index (κ3) is 5.14. The van der Waals surface area contributed by atoms with Gasteiger partial charge in [0.25, 0.3) is 0 Å². The van der Waals surface area contributed by atoms with Crippen molar-refractivity contribution in [1.82, 2.24) is 19.5 Å². The quantitative estimate of drug-likeness (QED) is 0.358. The van der Waals surface area contributed by atoms with Crippen LogP contribution in [0.5, 0.6) is 0 Å². The van der Waals surface area contributed by atoms with E-state index in [1.807, 2.05) is 42.6 Å². The highest BCUT2D eigenvalue weighted by molar-refractivity contribution is 7.91. The van der Waals surface area contributed by atoms with E-state index in [1.54, 1.807) is 4.52 Å². The number of aromatic nitrogens is 3. The molecule has 2 aromatic carbocycles. The summed E-state index contributed by atoms with van der Waals surface area (Å²) in [5.74, 6) is 0.692. The Morgan fingerprint density at radius 2 is 1.74 bits per heavy atom. The number of nitrogens with one attached hydrogen (secondary N) is 1. The molecule has 3 heterocycles. The Labute approximate surface area is 221 Å². The minimum Gasteiger partial charge on any atom is -0.454 e. The number of ether oxygens (including phenoxy) is 1. The molecule has 0 amide bonds. The first-order valence-corrected chi connectivity index (χ1v) is 14.6. The summed E-state index contributed by atoms with van der Waals surface area (Å²) in [6.07, 6.45) is 3.56. The molecule has 0 atom stereocenters. The number of benzene rings is 2. The number of rotatable bonds is 7. The molecule has 9 nitrogen and oxygen atoms in total. The maximum atomic E-state index is 11.7. The first-order valence-electron chi connectivity index (χ1n) is 12.7. The Balaban J connectivity index is 1.17. The molecule has 38 heavy (non-hydrogen) atoms. The monoisotopic (exact) mass is 531 g/mol. The Bertz CT molecular complexity index is 1580. The minimum atomic E-state index is -2.88. The van der Waals surface area contributed by atoms with Crippen molar-refractivity contribution >= 4 is 33.1 Å². The van der Waals surface area contributed by atoms with Gasteiger partial charge in [0.1, 0.15) is 5.60 Å². The highest BCUT2D eigenvalue weighted by Crippen LogP contribution is 2.49. The molecule has 2 fully saturated rings. The van der Waals surface area contributed by atoms with E-state index in [0.717, 1.165) is 53.0 Å². The smallest absolute Gasteiger partial charge is 0.303 e. The number of nitrogens with zero attached hydrogens (tertiary/aromatic N) is 4. The number of hydrogen-bond acceptors (Lipinski definition) is 8. The van der Waals surface area contributed by atoms with Gasteiger partial charge in [-0.1, -0.05) is 36.4 Å². The van der Waals surface area contributed by atoms with Gasteiger partial charge in [-0.3, -0.25) is 9.69 Å². The third-order valence-electron chi connectivity index (χ3n) is 7.18. The second-order valence-corrected chi connectivity index (χ2v) is 12.3. The minimum absolute atomic E-state index is 0.232. The summed E-state index contributed by atoms with van der Waals surface area (Å²) in [5, 5.41) is 7.87.